The second-order valence-corrected chi connectivity index (χ2v) is 11.7. The van der Waals surface area contributed by atoms with Crippen molar-refractivity contribution in [2.45, 2.75) is 44.4 Å². The third-order valence-electron chi connectivity index (χ3n) is 6.46. The van der Waals surface area contributed by atoms with Crippen molar-refractivity contribution in [1.29, 1.82) is 0 Å². The van der Waals surface area contributed by atoms with Crippen molar-refractivity contribution in [3.8, 4) is 5.75 Å². The van der Waals surface area contributed by atoms with E-state index in [1.54, 1.807) is 38.1 Å². The van der Waals surface area contributed by atoms with Crippen molar-refractivity contribution in [1.82, 2.24) is 10.2 Å². The molecule has 0 unspecified atom stereocenters. The predicted octanol–water partition coefficient (Wildman–Crippen LogP) is 5.42. The zero-order valence-electron chi connectivity index (χ0n) is 23.4. The largest absolute Gasteiger partial charge is 0.497 e. The fourth-order valence-corrected chi connectivity index (χ4v) is 5.71. The van der Waals surface area contributed by atoms with E-state index >= 15 is 0 Å². The van der Waals surface area contributed by atoms with Crippen LogP contribution in [-0.4, -0.2) is 51.4 Å². The number of anilines is 1. The highest BCUT2D eigenvalue weighted by atomic mass is 35.5. The number of likely N-dealkylation sites (N-methyl/N-ethyl adjacent to an activating group) is 1. The van der Waals surface area contributed by atoms with E-state index in [1.807, 2.05) is 0 Å². The molecule has 0 saturated heterocycles. The Labute approximate surface area is 248 Å². The SMILES string of the molecule is CCNC(=O)[C@H](C)N(Cc1ccc(OC)cc1)C(=O)CN(c1ccc(Cl)c(C(F)(F)F)c1)S(=O)(=O)c1ccc(C)cc1. The Balaban J connectivity index is 2.11. The molecule has 226 valence electrons. The maximum Gasteiger partial charge on any atom is 0.417 e. The zero-order valence-corrected chi connectivity index (χ0v) is 25.0. The third kappa shape index (κ3) is 7.74. The molecule has 0 aliphatic carbocycles. The number of alkyl halides is 3. The van der Waals surface area contributed by atoms with Gasteiger partial charge >= 0.3 is 6.18 Å². The number of benzene rings is 3. The lowest BCUT2D eigenvalue weighted by Gasteiger charge is -2.32. The Morgan fingerprint density at radius 1 is 1.02 bits per heavy atom. The van der Waals surface area contributed by atoms with Gasteiger partial charge in [0.1, 0.15) is 18.3 Å². The van der Waals surface area contributed by atoms with E-state index in [2.05, 4.69) is 5.32 Å². The monoisotopic (exact) mass is 625 g/mol. The molecule has 42 heavy (non-hydrogen) atoms. The number of carbonyl (C=O) groups excluding carboxylic acids is 2. The van der Waals surface area contributed by atoms with Crippen LogP contribution in [0.25, 0.3) is 0 Å². The number of rotatable bonds is 11. The summed E-state index contributed by atoms with van der Waals surface area (Å²) in [5.41, 5.74) is -0.317. The van der Waals surface area contributed by atoms with E-state index in [9.17, 15) is 31.2 Å². The average Bonchev–Trinajstić information content (AvgIpc) is 2.94. The van der Waals surface area contributed by atoms with Crippen LogP contribution in [0, 0.1) is 6.92 Å². The molecule has 0 aliphatic rings. The van der Waals surface area contributed by atoms with Crippen molar-refractivity contribution in [2.75, 3.05) is 24.5 Å². The van der Waals surface area contributed by atoms with Crippen LogP contribution in [0.1, 0.15) is 30.5 Å². The highest BCUT2D eigenvalue weighted by Crippen LogP contribution is 2.38. The predicted molar refractivity (Wildman–Crippen MR) is 154 cm³/mol. The Kier molecular flexibility index (Phi) is 10.5. The fraction of sp³-hybridized carbons (Fsp3) is 0.310. The highest BCUT2D eigenvalue weighted by molar-refractivity contribution is 7.92. The first-order valence-corrected chi connectivity index (χ1v) is 14.7. The molecule has 3 aromatic carbocycles. The number of aryl methyl sites for hydroxylation is 1. The number of sulfonamides is 1. The van der Waals surface area contributed by atoms with Crippen molar-refractivity contribution in [3.63, 3.8) is 0 Å². The van der Waals surface area contributed by atoms with Crippen molar-refractivity contribution in [2.24, 2.45) is 0 Å². The number of carbonyl (C=O) groups is 2. The van der Waals surface area contributed by atoms with E-state index in [-0.39, 0.29) is 18.0 Å². The molecule has 3 aromatic rings. The van der Waals surface area contributed by atoms with Crippen LogP contribution in [0.4, 0.5) is 18.9 Å². The van der Waals surface area contributed by atoms with Gasteiger partial charge in [-0.15, -0.1) is 0 Å². The average molecular weight is 626 g/mol. The van der Waals surface area contributed by atoms with Crippen LogP contribution in [0.2, 0.25) is 5.02 Å². The number of halogens is 4. The maximum atomic E-state index is 13.9. The van der Waals surface area contributed by atoms with Crippen LogP contribution in [0.5, 0.6) is 5.75 Å². The smallest absolute Gasteiger partial charge is 0.417 e. The summed E-state index contributed by atoms with van der Waals surface area (Å²) in [6, 6.07) is 13.9. The molecule has 0 heterocycles. The van der Waals surface area contributed by atoms with Gasteiger partial charge in [0, 0.05) is 13.1 Å². The standard InChI is InChI=1S/C29H31ClF3N3O5S/c1-5-34-28(38)20(3)35(17-21-8-11-23(41-4)12-9-21)27(37)18-36(42(39,40)24-13-6-19(2)7-14-24)22-10-15-26(30)25(16-22)29(31,32)33/h6-16,20H,5,17-18H2,1-4H3,(H,34,38)/t20-/m0/s1. The molecule has 2 amide bonds. The van der Waals surface area contributed by atoms with Gasteiger partial charge in [-0.2, -0.15) is 13.2 Å². The normalized spacial score (nSPS) is 12.4. The van der Waals surface area contributed by atoms with Crippen LogP contribution in [0.15, 0.2) is 71.6 Å². The molecular weight excluding hydrogens is 595 g/mol. The number of hydrogen-bond donors (Lipinski definition) is 1. The summed E-state index contributed by atoms with van der Waals surface area (Å²) in [6.07, 6.45) is -4.89. The maximum absolute atomic E-state index is 13.9. The number of amides is 2. The fourth-order valence-electron chi connectivity index (χ4n) is 4.08. The molecule has 0 aliphatic heterocycles. The summed E-state index contributed by atoms with van der Waals surface area (Å²) in [7, 11) is -3.06. The topological polar surface area (TPSA) is 96.0 Å². The van der Waals surface area contributed by atoms with E-state index in [0.717, 1.165) is 17.7 Å². The minimum atomic E-state index is -4.89. The van der Waals surface area contributed by atoms with E-state index in [1.165, 1.54) is 43.2 Å². The Hall–Kier alpha value is -3.77. The number of ether oxygens (including phenoxy) is 1. The second-order valence-electron chi connectivity index (χ2n) is 9.43. The number of methoxy groups -OCH3 is 1. The number of nitrogens with one attached hydrogen (secondary N) is 1. The van der Waals surface area contributed by atoms with Gasteiger partial charge in [-0.05, 0) is 68.8 Å². The molecular formula is C29H31ClF3N3O5S. The van der Waals surface area contributed by atoms with Crippen molar-refractivity contribution >= 4 is 39.1 Å². The highest BCUT2D eigenvalue weighted by Gasteiger charge is 2.37. The van der Waals surface area contributed by atoms with Gasteiger partial charge in [-0.1, -0.05) is 41.4 Å². The summed E-state index contributed by atoms with van der Waals surface area (Å²) in [4.78, 5) is 27.6. The van der Waals surface area contributed by atoms with Crippen LogP contribution in [0.3, 0.4) is 0 Å². The third-order valence-corrected chi connectivity index (χ3v) is 8.58. The minimum Gasteiger partial charge on any atom is -0.497 e. The summed E-state index contributed by atoms with van der Waals surface area (Å²) in [5, 5.41) is 2.01. The van der Waals surface area contributed by atoms with E-state index in [4.69, 9.17) is 16.3 Å². The minimum absolute atomic E-state index is 0.0893. The van der Waals surface area contributed by atoms with Crippen LogP contribution < -0.4 is 14.4 Å². The summed E-state index contributed by atoms with van der Waals surface area (Å²) < 4.78 is 74.6. The van der Waals surface area contributed by atoms with Gasteiger partial charge in [0.15, 0.2) is 0 Å². The summed E-state index contributed by atoms with van der Waals surface area (Å²) >= 11 is 5.79. The van der Waals surface area contributed by atoms with Gasteiger partial charge < -0.3 is 15.0 Å². The molecule has 13 heteroatoms. The molecule has 1 N–H and O–H groups in total. The van der Waals surface area contributed by atoms with Gasteiger partial charge in [0.25, 0.3) is 10.0 Å². The molecule has 3 rings (SSSR count). The lowest BCUT2D eigenvalue weighted by Crippen LogP contribution is -2.51. The molecule has 0 saturated carbocycles. The number of nitrogens with zero attached hydrogens (tertiary/aromatic N) is 2. The first-order valence-electron chi connectivity index (χ1n) is 12.8. The first kappa shape index (κ1) is 32.7. The van der Waals surface area contributed by atoms with Gasteiger partial charge in [0.2, 0.25) is 11.8 Å². The molecule has 0 aromatic heterocycles. The van der Waals surface area contributed by atoms with Gasteiger partial charge in [-0.25, -0.2) is 8.42 Å². The molecule has 0 radical (unpaired) electrons. The van der Waals surface area contributed by atoms with Crippen molar-refractivity contribution < 1.29 is 35.9 Å². The zero-order chi connectivity index (χ0) is 31.2. The van der Waals surface area contributed by atoms with Crippen LogP contribution >= 0.6 is 11.6 Å². The van der Waals surface area contributed by atoms with Crippen LogP contribution in [-0.2, 0) is 32.3 Å². The molecule has 8 nitrogen and oxygen atoms in total. The molecule has 0 spiro atoms. The molecule has 0 bridgehead atoms. The lowest BCUT2D eigenvalue weighted by atomic mass is 10.1. The Morgan fingerprint density at radius 3 is 2.19 bits per heavy atom. The van der Waals surface area contributed by atoms with Gasteiger partial charge in [0.05, 0.1) is 28.3 Å². The van der Waals surface area contributed by atoms with Gasteiger partial charge in [-0.3, -0.25) is 13.9 Å². The molecule has 1 atom stereocenters. The lowest BCUT2D eigenvalue weighted by molar-refractivity contribution is -0.139. The summed E-state index contributed by atoms with van der Waals surface area (Å²) in [6.45, 7) is 4.23. The molecule has 0 fully saturated rings. The number of hydrogen-bond acceptors (Lipinski definition) is 5. The first-order chi connectivity index (χ1) is 19.7. The Bertz CT molecular complexity index is 1510. The van der Waals surface area contributed by atoms with E-state index in [0.29, 0.717) is 21.7 Å². The Morgan fingerprint density at radius 2 is 1.64 bits per heavy atom. The van der Waals surface area contributed by atoms with Crippen molar-refractivity contribution in [3.05, 3.63) is 88.4 Å². The van der Waals surface area contributed by atoms with E-state index < -0.39 is 56.9 Å². The summed E-state index contributed by atoms with van der Waals surface area (Å²) in [5.74, 6) is -0.742. The quantitative estimate of drug-likeness (QED) is 0.307. The second kappa shape index (κ2) is 13.5.